The highest BCUT2D eigenvalue weighted by Gasteiger charge is 2.12. The predicted octanol–water partition coefficient (Wildman–Crippen LogP) is 3.34. The van der Waals surface area contributed by atoms with Gasteiger partial charge in [0.05, 0.1) is 19.3 Å². The van der Waals surface area contributed by atoms with E-state index in [-0.39, 0.29) is 11.1 Å². The van der Waals surface area contributed by atoms with Crippen molar-refractivity contribution in [3.63, 3.8) is 0 Å². The molecule has 0 aliphatic carbocycles. The van der Waals surface area contributed by atoms with E-state index in [1.807, 2.05) is 13.0 Å². The average molecular weight is 366 g/mol. The van der Waals surface area contributed by atoms with Crippen molar-refractivity contribution in [1.82, 2.24) is 0 Å². The van der Waals surface area contributed by atoms with Crippen molar-refractivity contribution in [2.45, 2.75) is 6.92 Å². The van der Waals surface area contributed by atoms with Crippen LogP contribution in [0.1, 0.15) is 22.8 Å². The molecule has 0 aliphatic rings. The van der Waals surface area contributed by atoms with Gasteiger partial charge in [0.2, 0.25) is 0 Å². The number of aromatic carboxylic acids is 1. The Kier molecular flexibility index (Phi) is 6.55. The molecule has 0 fully saturated rings. The second kappa shape index (κ2) is 9.06. The van der Waals surface area contributed by atoms with Gasteiger partial charge in [0.25, 0.3) is 5.91 Å². The van der Waals surface area contributed by atoms with Crippen LogP contribution in [0, 0.1) is 11.3 Å². The van der Waals surface area contributed by atoms with Gasteiger partial charge in [-0.3, -0.25) is 4.79 Å². The molecule has 7 heteroatoms. The van der Waals surface area contributed by atoms with E-state index in [1.54, 1.807) is 18.2 Å². The molecule has 0 radical (unpaired) electrons. The molecule has 2 N–H and O–H groups in total. The van der Waals surface area contributed by atoms with Crippen LogP contribution in [0.15, 0.2) is 48.0 Å². The lowest BCUT2D eigenvalue weighted by atomic mass is 10.1. The molecule has 0 aromatic heterocycles. The van der Waals surface area contributed by atoms with Crippen LogP contribution in [0.3, 0.4) is 0 Å². The van der Waals surface area contributed by atoms with Crippen LogP contribution in [0.25, 0.3) is 6.08 Å². The number of nitrogens with zero attached hydrogens (tertiary/aromatic N) is 1. The summed E-state index contributed by atoms with van der Waals surface area (Å²) < 4.78 is 10.7. The van der Waals surface area contributed by atoms with Crippen LogP contribution in [0.4, 0.5) is 5.69 Å². The van der Waals surface area contributed by atoms with Gasteiger partial charge in [-0.2, -0.15) is 5.26 Å². The van der Waals surface area contributed by atoms with Crippen LogP contribution in [-0.4, -0.2) is 30.7 Å². The van der Waals surface area contributed by atoms with E-state index in [2.05, 4.69) is 5.32 Å². The minimum atomic E-state index is -1.06. The number of rotatable bonds is 7. The largest absolute Gasteiger partial charge is 0.493 e. The lowest BCUT2D eigenvalue weighted by Crippen LogP contribution is -2.13. The quantitative estimate of drug-likeness (QED) is 0.575. The lowest BCUT2D eigenvalue weighted by Gasteiger charge is -2.10. The summed E-state index contributed by atoms with van der Waals surface area (Å²) in [5, 5.41) is 20.8. The molecule has 27 heavy (non-hydrogen) atoms. The van der Waals surface area contributed by atoms with Gasteiger partial charge in [-0.05, 0) is 55.0 Å². The first-order valence-electron chi connectivity index (χ1n) is 8.05. The Morgan fingerprint density at radius 3 is 2.44 bits per heavy atom. The number of anilines is 1. The SMILES string of the molecule is CCOc1ccc(/C=C(/C#N)C(=O)Nc2ccc(C(=O)O)cc2)cc1OC. The fourth-order valence-electron chi connectivity index (χ4n) is 2.26. The van der Waals surface area contributed by atoms with E-state index in [0.717, 1.165) is 0 Å². The Hall–Kier alpha value is -3.79. The van der Waals surface area contributed by atoms with Crippen LogP contribution in [0.2, 0.25) is 0 Å². The Morgan fingerprint density at radius 2 is 1.89 bits per heavy atom. The van der Waals surface area contributed by atoms with E-state index < -0.39 is 11.9 Å². The van der Waals surface area contributed by atoms with Gasteiger partial charge in [-0.1, -0.05) is 6.07 Å². The number of nitriles is 1. The maximum atomic E-state index is 12.3. The molecule has 1 amide bonds. The number of carbonyl (C=O) groups is 2. The van der Waals surface area contributed by atoms with E-state index in [1.165, 1.54) is 37.5 Å². The summed E-state index contributed by atoms with van der Waals surface area (Å²) in [6.07, 6.45) is 1.43. The number of ether oxygens (including phenoxy) is 2. The van der Waals surface area contributed by atoms with E-state index >= 15 is 0 Å². The zero-order valence-corrected chi connectivity index (χ0v) is 14.9. The lowest BCUT2D eigenvalue weighted by molar-refractivity contribution is -0.112. The van der Waals surface area contributed by atoms with Crippen molar-refractivity contribution in [3.8, 4) is 17.6 Å². The van der Waals surface area contributed by atoms with E-state index in [9.17, 15) is 14.9 Å². The topological polar surface area (TPSA) is 109 Å². The van der Waals surface area contributed by atoms with Crippen molar-refractivity contribution < 1.29 is 24.2 Å². The average Bonchev–Trinajstić information content (AvgIpc) is 2.67. The number of hydrogen-bond donors (Lipinski definition) is 2. The summed E-state index contributed by atoms with van der Waals surface area (Å²) in [7, 11) is 1.50. The highest BCUT2D eigenvalue weighted by Crippen LogP contribution is 2.29. The molecule has 138 valence electrons. The number of benzene rings is 2. The zero-order chi connectivity index (χ0) is 19.8. The third-order valence-electron chi connectivity index (χ3n) is 3.55. The third kappa shape index (κ3) is 5.09. The Labute approximate surface area is 156 Å². The number of carbonyl (C=O) groups excluding carboxylic acids is 1. The standard InChI is InChI=1S/C20H18N2O5/c1-3-27-17-9-4-13(11-18(17)26-2)10-15(12-21)19(23)22-16-7-5-14(6-8-16)20(24)25/h4-11H,3H2,1-2H3,(H,22,23)(H,24,25)/b15-10-. The van der Waals surface area contributed by atoms with Gasteiger partial charge in [-0.25, -0.2) is 4.79 Å². The Bertz CT molecular complexity index is 911. The number of methoxy groups -OCH3 is 1. The molecular weight excluding hydrogens is 348 g/mol. The molecule has 0 heterocycles. The number of carboxylic acids is 1. The molecule has 0 bridgehead atoms. The molecule has 0 aliphatic heterocycles. The molecular formula is C20H18N2O5. The van der Waals surface area contributed by atoms with Gasteiger partial charge < -0.3 is 19.9 Å². The van der Waals surface area contributed by atoms with Crippen molar-refractivity contribution in [3.05, 3.63) is 59.2 Å². The number of nitrogens with one attached hydrogen (secondary N) is 1. The van der Waals surface area contributed by atoms with Gasteiger partial charge in [-0.15, -0.1) is 0 Å². The molecule has 2 aromatic carbocycles. The molecule has 0 saturated heterocycles. The Balaban J connectivity index is 2.21. The first-order valence-corrected chi connectivity index (χ1v) is 8.05. The molecule has 0 saturated carbocycles. The van der Waals surface area contributed by atoms with Crippen LogP contribution in [-0.2, 0) is 4.79 Å². The minimum Gasteiger partial charge on any atom is -0.493 e. The van der Waals surface area contributed by atoms with Crippen molar-refractivity contribution in [2.75, 3.05) is 19.0 Å². The smallest absolute Gasteiger partial charge is 0.335 e. The summed E-state index contributed by atoms with van der Waals surface area (Å²) in [5.74, 6) is -0.602. The van der Waals surface area contributed by atoms with Crippen molar-refractivity contribution in [1.29, 1.82) is 5.26 Å². The van der Waals surface area contributed by atoms with Crippen LogP contribution >= 0.6 is 0 Å². The third-order valence-corrected chi connectivity index (χ3v) is 3.55. The maximum Gasteiger partial charge on any atom is 0.335 e. The van der Waals surface area contributed by atoms with Gasteiger partial charge in [0, 0.05) is 5.69 Å². The fraction of sp³-hybridized carbons (Fsp3) is 0.150. The first kappa shape index (κ1) is 19.5. The normalized spacial score (nSPS) is 10.6. The Morgan fingerprint density at radius 1 is 1.19 bits per heavy atom. The fourth-order valence-corrected chi connectivity index (χ4v) is 2.26. The minimum absolute atomic E-state index is 0.102. The molecule has 7 nitrogen and oxygen atoms in total. The van der Waals surface area contributed by atoms with Gasteiger partial charge in [0.15, 0.2) is 11.5 Å². The van der Waals surface area contributed by atoms with Crippen LogP contribution < -0.4 is 14.8 Å². The monoisotopic (exact) mass is 366 g/mol. The summed E-state index contributed by atoms with van der Waals surface area (Å²) >= 11 is 0. The van der Waals surface area contributed by atoms with Gasteiger partial charge >= 0.3 is 5.97 Å². The number of amides is 1. The summed E-state index contributed by atoms with van der Waals surface area (Å²) in [4.78, 5) is 23.2. The summed E-state index contributed by atoms with van der Waals surface area (Å²) in [6, 6.07) is 12.6. The number of carboxylic acid groups (broad SMARTS) is 1. The molecule has 2 rings (SSSR count). The highest BCUT2D eigenvalue weighted by molar-refractivity contribution is 6.09. The highest BCUT2D eigenvalue weighted by atomic mass is 16.5. The second-order valence-corrected chi connectivity index (χ2v) is 5.35. The maximum absolute atomic E-state index is 12.3. The number of hydrogen-bond acceptors (Lipinski definition) is 5. The van der Waals surface area contributed by atoms with Crippen molar-refractivity contribution >= 4 is 23.6 Å². The molecule has 0 unspecified atom stereocenters. The zero-order valence-electron chi connectivity index (χ0n) is 14.9. The predicted molar refractivity (Wildman–Crippen MR) is 99.8 cm³/mol. The van der Waals surface area contributed by atoms with E-state index in [4.69, 9.17) is 14.6 Å². The first-order chi connectivity index (χ1) is 13.0. The van der Waals surface area contributed by atoms with Crippen molar-refractivity contribution in [2.24, 2.45) is 0 Å². The van der Waals surface area contributed by atoms with E-state index in [0.29, 0.717) is 29.4 Å². The molecule has 2 aromatic rings. The summed E-state index contributed by atoms with van der Waals surface area (Å²) in [6.45, 7) is 2.34. The molecule has 0 atom stereocenters. The second-order valence-electron chi connectivity index (χ2n) is 5.35. The van der Waals surface area contributed by atoms with Crippen LogP contribution in [0.5, 0.6) is 11.5 Å². The summed E-state index contributed by atoms with van der Waals surface area (Å²) in [5.41, 5.74) is 0.979. The van der Waals surface area contributed by atoms with Gasteiger partial charge in [0.1, 0.15) is 11.6 Å². The molecule has 0 spiro atoms.